The SMILES string of the molecule is NCCCN(CC(=O)NC1CCCC1)C1CCCC1. The van der Waals surface area contributed by atoms with E-state index in [0.29, 0.717) is 25.2 Å². The maximum atomic E-state index is 12.1. The van der Waals surface area contributed by atoms with Crippen LogP contribution in [0, 0.1) is 0 Å². The molecule has 0 unspecified atom stereocenters. The van der Waals surface area contributed by atoms with Crippen molar-refractivity contribution in [1.82, 2.24) is 10.2 Å². The van der Waals surface area contributed by atoms with Crippen molar-refractivity contribution >= 4 is 5.91 Å². The highest BCUT2D eigenvalue weighted by Gasteiger charge is 2.25. The zero-order valence-electron chi connectivity index (χ0n) is 12.1. The van der Waals surface area contributed by atoms with Gasteiger partial charge < -0.3 is 11.1 Å². The highest BCUT2D eigenvalue weighted by Crippen LogP contribution is 2.23. The van der Waals surface area contributed by atoms with Crippen molar-refractivity contribution in [2.24, 2.45) is 5.73 Å². The first-order chi connectivity index (χ1) is 9.29. The zero-order chi connectivity index (χ0) is 13.5. The van der Waals surface area contributed by atoms with E-state index in [0.717, 1.165) is 25.8 Å². The van der Waals surface area contributed by atoms with E-state index in [1.807, 2.05) is 0 Å². The molecule has 0 spiro atoms. The van der Waals surface area contributed by atoms with Crippen LogP contribution in [-0.4, -0.2) is 42.5 Å². The van der Waals surface area contributed by atoms with Gasteiger partial charge >= 0.3 is 0 Å². The molecule has 0 heterocycles. The third-order valence-corrected chi connectivity index (χ3v) is 4.56. The van der Waals surface area contributed by atoms with Crippen LogP contribution >= 0.6 is 0 Å². The van der Waals surface area contributed by atoms with Crippen molar-refractivity contribution in [3.63, 3.8) is 0 Å². The van der Waals surface area contributed by atoms with Gasteiger partial charge in [0.1, 0.15) is 0 Å². The van der Waals surface area contributed by atoms with Crippen molar-refractivity contribution in [2.45, 2.75) is 69.9 Å². The average molecular weight is 267 g/mol. The summed E-state index contributed by atoms with van der Waals surface area (Å²) in [5.74, 6) is 0.218. The Bertz CT molecular complexity index is 271. The third-order valence-electron chi connectivity index (χ3n) is 4.56. The molecular weight excluding hydrogens is 238 g/mol. The second-order valence-corrected chi connectivity index (χ2v) is 6.10. The van der Waals surface area contributed by atoms with E-state index < -0.39 is 0 Å². The Morgan fingerprint density at radius 2 is 1.74 bits per heavy atom. The van der Waals surface area contributed by atoms with E-state index in [-0.39, 0.29) is 5.91 Å². The molecule has 0 bridgehead atoms. The minimum absolute atomic E-state index is 0.218. The molecule has 2 rings (SSSR count). The molecule has 1 amide bonds. The summed E-state index contributed by atoms with van der Waals surface area (Å²) in [6.45, 7) is 2.26. The topological polar surface area (TPSA) is 58.4 Å². The van der Waals surface area contributed by atoms with Crippen LogP contribution in [0.25, 0.3) is 0 Å². The second kappa shape index (κ2) is 7.85. The summed E-state index contributed by atoms with van der Waals surface area (Å²) in [6, 6.07) is 1.05. The number of carbonyl (C=O) groups is 1. The summed E-state index contributed by atoms with van der Waals surface area (Å²) in [7, 11) is 0. The Balaban J connectivity index is 1.77. The fourth-order valence-corrected chi connectivity index (χ4v) is 3.48. The minimum Gasteiger partial charge on any atom is -0.352 e. The minimum atomic E-state index is 0.218. The van der Waals surface area contributed by atoms with Crippen LogP contribution in [0.15, 0.2) is 0 Å². The van der Waals surface area contributed by atoms with Crippen LogP contribution < -0.4 is 11.1 Å². The summed E-state index contributed by atoms with van der Waals surface area (Å²) in [5.41, 5.74) is 5.61. The van der Waals surface area contributed by atoms with E-state index in [9.17, 15) is 4.79 Å². The molecule has 110 valence electrons. The predicted molar refractivity (Wildman–Crippen MR) is 77.9 cm³/mol. The van der Waals surface area contributed by atoms with E-state index >= 15 is 0 Å². The van der Waals surface area contributed by atoms with Gasteiger partial charge in [0, 0.05) is 18.6 Å². The Kier molecular flexibility index (Phi) is 6.11. The molecule has 2 aliphatic carbocycles. The molecule has 2 saturated carbocycles. The first-order valence-electron chi connectivity index (χ1n) is 8.03. The standard InChI is InChI=1S/C15H29N3O/c16-10-5-11-18(14-8-3-4-9-14)12-15(19)17-13-6-1-2-7-13/h13-14H,1-12,16H2,(H,17,19). The van der Waals surface area contributed by atoms with Crippen LogP contribution in [0.3, 0.4) is 0 Å². The lowest BCUT2D eigenvalue weighted by atomic mass is 10.2. The molecule has 0 aromatic heterocycles. The highest BCUT2D eigenvalue weighted by molar-refractivity contribution is 5.78. The van der Waals surface area contributed by atoms with E-state index in [2.05, 4.69) is 10.2 Å². The van der Waals surface area contributed by atoms with E-state index in [1.54, 1.807) is 0 Å². The number of rotatable bonds is 7. The summed E-state index contributed by atoms with van der Waals surface area (Å²) in [4.78, 5) is 14.5. The van der Waals surface area contributed by atoms with Gasteiger partial charge in [0.25, 0.3) is 0 Å². The first-order valence-corrected chi connectivity index (χ1v) is 8.03. The normalized spacial score (nSPS) is 21.4. The number of hydrogen-bond acceptors (Lipinski definition) is 3. The van der Waals surface area contributed by atoms with Crippen molar-refractivity contribution in [1.29, 1.82) is 0 Å². The molecule has 3 N–H and O–H groups in total. The van der Waals surface area contributed by atoms with Gasteiger partial charge in [-0.05, 0) is 38.6 Å². The molecule has 2 fully saturated rings. The van der Waals surface area contributed by atoms with Crippen LogP contribution in [0.4, 0.5) is 0 Å². The highest BCUT2D eigenvalue weighted by atomic mass is 16.2. The molecule has 0 atom stereocenters. The van der Waals surface area contributed by atoms with Gasteiger partial charge in [-0.1, -0.05) is 25.7 Å². The van der Waals surface area contributed by atoms with Crippen LogP contribution in [0.5, 0.6) is 0 Å². The monoisotopic (exact) mass is 267 g/mol. The van der Waals surface area contributed by atoms with Crippen LogP contribution in [0.1, 0.15) is 57.8 Å². The molecule has 4 heteroatoms. The fourth-order valence-electron chi connectivity index (χ4n) is 3.48. The van der Waals surface area contributed by atoms with Gasteiger partial charge in [-0.2, -0.15) is 0 Å². The van der Waals surface area contributed by atoms with Gasteiger partial charge in [-0.25, -0.2) is 0 Å². The molecule has 0 aliphatic heterocycles. The lowest BCUT2D eigenvalue weighted by Gasteiger charge is -2.28. The lowest BCUT2D eigenvalue weighted by Crippen LogP contribution is -2.45. The molecule has 2 aliphatic rings. The van der Waals surface area contributed by atoms with E-state index in [1.165, 1.54) is 38.5 Å². The van der Waals surface area contributed by atoms with Crippen LogP contribution in [0.2, 0.25) is 0 Å². The summed E-state index contributed by atoms with van der Waals surface area (Å²) < 4.78 is 0. The second-order valence-electron chi connectivity index (χ2n) is 6.10. The van der Waals surface area contributed by atoms with Crippen molar-refractivity contribution in [3.8, 4) is 0 Å². The smallest absolute Gasteiger partial charge is 0.234 e. The van der Waals surface area contributed by atoms with Gasteiger partial charge in [-0.15, -0.1) is 0 Å². The quantitative estimate of drug-likeness (QED) is 0.737. The predicted octanol–water partition coefficient (Wildman–Crippen LogP) is 1.64. The molecule has 4 nitrogen and oxygen atoms in total. The summed E-state index contributed by atoms with van der Waals surface area (Å²) in [6.07, 6.45) is 11.0. The Hall–Kier alpha value is -0.610. The Morgan fingerprint density at radius 3 is 2.37 bits per heavy atom. The Morgan fingerprint density at radius 1 is 1.11 bits per heavy atom. The summed E-state index contributed by atoms with van der Waals surface area (Å²) >= 11 is 0. The van der Waals surface area contributed by atoms with E-state index in [4.69, 9.17) is 5.73 Å². The molecule has 0 saturated heterocycles. The zero-order valence-corrected chi connectivity index (χ0v) is 12.1. The largest absolute Gasteiger partial charge is 0.352 e. The number of carbonyl (C=O) groups excluding carboxylic acids is 1. The Labute approximate surface area is 117 Å². The van der Waals surface area contributed by atoms with Gasteiger partial charge in [0.2, 0.25) is 5.91 Å². The van der Waals surface area contributed by atoms with Gasteiger partial charge in [0.05, 0.1) is 6.54 Å². The van der Waals surface area contributed by atoms with Crippen molar-refractivity contribution < 1.29 is 4.79 Å². The van der Waals surface area contributed by atoms with Crippen molar-refractivity contribution in [3.05, 3.63) is 0 Å². The van der Waals surface area contributed by atoms with Gasteiger partial charge in [-0.3, -0.25) is 9.69 Å². The number of nitrogens with two attached hydrogens (primary N) is 1. The fraction of sp³-hybridized carbons (Fsp3) is 0.933. The molecule has 0 radical (unpaired) electrons. The average Bonchev–Trinajstić information content (AvgIpc) is 3.06. The number of nitrogens with one attached hydrogen (secondary N) is 1. The van der Waals surface area contributed by atoms with Crippen LogP contribution in [-0.2, 0) is 4.79 Å². The number of amides is 1. The van der Waals surface area contributed by atoms with Gasteiger partial charge in [0.15, 0.2) is 0 Å². The maximum absolute atomic E-state index is 12.1. The molecular formula is C15H29N3O. The number of nitrogens with zero attached hydrogens (tertiary/aromatic N) is 1. The molecule has 0 aromatic carbocycles. The summed E-state index contributed by atoms with van der Waals surface area (Å²) in [5, 5.41) is 3.20. The maximum Gasteiger partial charge on any atom is 0.234 e. The first kappa shape index (κ1) is 14.8. The van der Waals surface area contributed by atoms with Crippen molar-refractivity contribution in [2.75, 3.05) is 19.6 Å². The third kappa shape index (κ3) is 4.77. The molecule has 19 heavy (non-hydrogen) atoms. The lowest BCUT2D eigenvalue weighted by molar-refractivity contribution is -0.123. The number of hydrogen-bond donors (Lipinski definition) is 2. The molecule has 0 aromatic rings.